The quantitative estimate of drug-likeness (QED) is 0.845. The molecule has 0 aliphatic rings. The Morgan fingerprint density at radius 3 is 2.50 bits per heavy atom. The summed E-state index contributed by atoms with van der Waals surface area (Å²) in [6.07, 6.45) is 0.0534. The van der Waals surface area contributed by atoms with Crippen molar-refractivity contribution in [1.29, 1.82) is 0 Å². The lowest BCUT2D eigenvalue weighted by Gasteiger charge is -2.08. The molecule has 116 valence electrons. The molecule has 0 bridgehead atoms. The number of primary sulfonamides is 1. The molecule has 22 heavy (non-hydrogen) atoms. The number of nitrogens with one attached hydrogen (secondary N) is 1. The Kier molecular flexibility index (Phi) is 4.94. The Morgan fingerprint density at radius 2 is 1.91 bits per heavy atom. The molecule has 0 aliphatic carbocycles. The lowest BCUT2D eigenvalue weighted by atomic mass is 10.1. The number of rotatable bonds is 4. The van der Waals surface area contributed by atoms with Gasteiger partial charge in [-0.05, 0) is 29.8 Å². The molecule has 0 heterocycles. The zero-order valence-corrected chi connectivity index (χ0v) is 13.6. The van der Waals surface area contributed by atoms with Gasteiger partial charge in [0.25, 0.3) is 0 Å². The summed E-state index contributed by atoms with van der Waals surface area (Å²) in [6.45, 7) is 0. The standard InChI is InChI=1S/C14H12BrFN2O3S/c15-11-4-2-1-3-9(11)7-14(19)18-13-6-5-10(8-12(13)16)22(17,20)21/h1-6,8H,7H2,(H,18,19)(H2,17,20,21). The van der Waals surface area contributed by atoms with E-state index in [4.69, 9.17) is 5.14 Å². The van der Waals surface area contributed by atoms with Crippen molar-refractivity contribution >= 4 is 37.5 Å². The van der Waals surface area contributed by atoms with Crippen LogP contribution in [0.5, 0.6) is 0 Å². The summed E-state index contributed by atoms with van der Waals surface area (Å²) < 4.78 is 36.8. The molecule has 0 aromatic heterocycles. The van der Waals surface area contributed by atoms with Crippen molar-refractivity contribution in [1.82, 2.24) is 0 Å². The van der Waals surface area contributed by atoms with Crippen LogP contribution in [0.2, 0.25) is 0 Å². The average Bonchev–Trinajstić information content (AvgIpc) is 2.42. The number of anilines is 1. The first-order chi connectivity index (χ1) is 10.3. The SMILES string of the molecule is NS(=O)(=O)c1ccc(NC(=O)Cc2ccccc2Br)c(F)c1. The van der Waals surface area contributed by atoms with E-state index >= 15 is 0 Å². The minimum atomic E-state index is -3.98. The van der Waals surface area contributed by atoms with Crippen molar-refractivity contribution in [2.24, 2.45) is 5.14 Å². The normalized spacial score (nSPS) is 11.2. The fourth-order valence-electron chi connectivity index (χ4n) is 1.78. The Hall–Kier alpha value is -1.77. The van der Waals surface area contributed by atoms with Crippen LogP contribution in [0.1, 0.15) is 5.56 Å². The number of halogens is 2. The van der Waals surface area contributed by atoms with E-state index in [1.54, 1.807) is 18.2 Å². The average molecular weight is 387 g/mol. The van der Waals surface area contributed by atoms with E-state index in [1.807, 2.05) is 6.07 Å². The highest BCUT2D eigenvalue weighted by molar-refractivity contribution is 9.10. The van der Waals surface area contributed by atoms with Gasteiger partial charge in [0, 0.05) is 4.47 Å². The van der Waals surface area contributed by atoms with Gasteiger partial charge in [-0.15, -0.1) is 0 Å². The van der Waals surface area contributed by atoms with Gasteiger partial charge in [-0.2, -0.15) is 0 Å². The summed E-state index contributed by atoms with van der Waals surface area (Å²) in [5, 5.41) is 7.30. The maximum atomic E-state index is 13.8. The third-order valence-corrected chi connectivity index (χ3v) is 4.54. The summed E-state index contributed by atoms with van der Waals surface area (Å²) in [6, 6.07) is 10.2. The van der Waals surface area contributed by atoms with Crippen molar-refractivity contribution in [2.75, 3.05) is 5.32 Å². The Bertz CT molecular complexity index is 825. The summed E-state index contributed by atoms with van der Waals surface area (Å²) in [5.41, 5.74) is 0.644. The minimum absolute atomic E-state index is 0.0534. The number of nitrogens with two attached hydrogens (primary N) is 1. The van der Waals surface area contributed by atoms with Gasteiger partial charge >= 0.3 is 0 Å². The molecule has 2 aromatic carbocycles. The van der Waals surface area contributed by atoms with E-state index in [0.29, 0.717) is 0 Å². The summed E-state index contributed by atoms with van der Waals surface area (Å²) in [5.74, 6) is -1.29. The first kappa shape index (κ1) is 16.6. The minimum Gasteiger partial charge on any atom is -0.323 e. The number of hydrogen-bond acceptors (Lipinski definition) is 3. The highest BCUT2D eigenvalue weighted by Crippen LogP contribution is 2.20. The van der Waals surface area contributed by atoms with Crippen molar-refractivity contribution in [3.63, 3.8) is 0 Å². The van der Waals surface area contributed by atoms with Gasteiger partial charge in [-0.25, -0.2) is 17.9 Å². The van der Waals surface area contributed by atoms with E-state index in [2.05, 4.69) is 21.2 Å². The van der Waals surface area contributed by atoms with E-state index in [1.165, 1.54) is 0 Å². The van der Waals surface area contributed by atoms with Gasteiger partial charge in [0.2, 0.25) is 15.9 Å². The molecular weight excluding hydrogens is 375 g/mol. The van der Waals surface area contributed by atoms with Gasteiger partial charge in [0.1, 0.15) is 5.82 Å². The van der Waals surface area contributed by atoms with Crippen LogP contribution >= 0.6 is 15.9 Å². The molecule has 0 aliphatic heterocycles. The molecule has 0 saturated carbocycles. The highest BCUT2D eigenvalue weighted by atomic mass is 79.9. The van der Waals surface area contributed by atoms with E-state index < -0.39 is 21.7 Å². The Labute approximate surface area is 135 Å². The van der Waals surface area contributed by atoms with Crippen molar-refractivity contribution in [3.8, 4) is 0 Å². The van der Waals surface area contributed by atoms with Crippen LogP contribution in [0.25, 0.3) is 0 Å². The second-order valence-electron chi connectivity index (χ2n) is 4.50. The van der Waals surface area contributed by atoms with Crippen molar-refractivity contribution in [2.45, 2.75) is 11.3 Å². The van der Waals surface area contributed by atoms with Crippen LogP contribution < -0.4 is 10.5 Å². The van der Waals surface area contributed by atoms with Gasteiger partial charge in [0.15, 0.2) is 0 Å². The molecule has 0 atom stereocenters. The molecule has 3 N–H and O–H groups in total. The predicted molar refractivity (Wildman–Crippen MR) is 84.2 cm³/mol. The first-order valence-electron chi connectivity index (χ1n) is 6.13. The number of hydrogen-bond donors (Lipinski definition) is 2. The lowest BCUT2D eigenvalue weighted by molar-refractivity contribution is -0.115. The van der Waals surface area contributed by atoms with E-state index in [0.717, 1.165) is 28.2 Å². The Balaban J connectivity index is 2.14. The predicted octanol–water partition coefficient (Wildman–Crippen LogP) is 2.42. The lowest BCUT2D eigenvalue weighted by Crippen LogP contribution is -2.17. The maximum absolute atomic E-state index is 13.8. The third kappa shape index (κ3) is 4.12. The molecule has 1 amide bonds. The first-order valence-corrected chi connectivity index (χ1v) is 8.47. The topological polar surface area (TPSA) is 89.3 Å². The van der Waals surface area contributed by atoms with Crippen LogP contribution in [-0.2, 0) is 21.2 Å². The number of carbonyl (C=O) groups excluding carboxylic acids is 1. The number of sulfonamides is 1. The van der Waals surface area contributed by atoms with Crippen molar-refractivity contribution in [3.05, 3.63) is 58.3 Å². The summed E-state index contributed by atoms with van der Waals surface area (Å²) in [4.78, 5) is 11.6. The second-order valence-corrected chi connectivity index (χ2v) is 6.92. The molecule has 0 unspecified atom stereocenters. The number of benzene rings is 2. The van der Waals surface area contributed by atoms with Crippen LogP contribution in [0.4, 0.5) is 10.1 Å². The van der Waals surface area contributed by atoms with Crippen LogP contribution in [0.3, 0.4) is 0 Å². The van der Waals surface area contributed by atoms with E-state index in [9.17, 15) is 17.6 Å². The van der Waals surface area contributed by atoms with Crippen molar-refractivity contribution < 1.29 is 17.6 Å². The monoisotopic (exact) mass is 386 g/mol. The molecule has 0 radical (unpaired) electrons. The third-order valence-electron chi connectivity index (χ3n) is 2.85. The Morgan fingerprint density at radius 1 is 1.23 bits per heavy atom. The molecule has 0 saturated heterocycles. The zero-order valence-electron chi connectivity index (χ0n) is 11.2. The van der Waals surface area contributed by atoms with Gasteiger partial charge in [-0.1, -0.05) is 34.1 Å². The molecule has 2 rings (SSSR count). The molecule has 2 aromatic rings. The number of amides is 1. The molecular formula is C14H12BrFN2O3S. The summed E-state index contributed by atoms with van der Waals surface area (Å²) in [7, 11) is -3.98. The van der Waals surface area contributed by atoms with Crippen LogP contribution in [-0.4, -0.2) is 14.3 Å². The summed E-state index contributed by atoms with van der Waals surface area (Å²) >= 11 is 3.32. The highest BCUT2D eigenvalue weighted by Gasteiger charge is 2.14. The van der Waals surface area contributed by atoms with Gasteiger partial charge in [0.05, 0.1) is 17.0 Å². The molecule has 0 fully saturated rings. The maximum Gasteiger partial charge on any atom is 0.238 e. The fourth-order valence-corrected chi connectivity index (χ4v) is 2.73. The second kappa shape index (κ2) is 6.55. The van der Waals surface area contributed by atoms with Crippen LogP contribution in [0.15, 0.2) is 51.8 Å². The van der Waals surface area contributed by atoms with E-state index in [-0.39, 0.29) is 17.0 Å². The zero-order chi connectivity index (χ0) is 16.3. The molecule has 0 spiro atoms. The molecule has 8 heteroatoms. The van der Waals surface area contributed by atoms with Gasteiger partial charge < -0.3 is 5.32 Å². The van der Waals surface area contributed by atoms with Crippen LogP contribution in [0, 0.1) is 5.82 Å². The largest absolute Gasteiger partial charge is 0.323 e. The molecule has 5 nitrogen and oxygen atoms in total. The fraction of sp³-hybridized carbons (Fsp3) is 0.0714. The smallest absolute Gasteiger partial charge is 0.238 e. The van der Waals surface area contributed by atoms with Gasteiger partial charge in [-0.3, -0.25) is 4.79 Å². The number of carbonyl (C=O) groups is 1.